The van der Waals surface area contributed by atoms with Crippen molar-refractivity contribution in [2.24, 2.45) is 11.8 Å². The van der Waals surface area contributed by atoms with Crippen molar-refractivity contribution >= 4 is 27.3 Å². The van der Waals surface area contributed by atoms with E-state index in [0.717, 1.165) is 24.9 Å². The molecule has 0 amide bonds. The zero-order chi connectivity index (χ0) is 13.7. The van der Waals surface area contributed by atoms with Crippen molar-refractivity contribution in [2.45, 2.75) is 33.2 Å². The number of likely N-dealkylation sites (tertiary alicyclic amines) is 1. The van der Waals surface area contributed by atoms with Gasteiger partial charge in [-0.15, -0.1) is 11.3 Å². The van der Waals surface area contributed by atoms with Crippen LogP contribution < -0.4 is 5.32 Å². The summed E-state index contributed by atoms with van der Waals surface area (Å²) in [6, 6.07) is 4.40. The van der Waals surface area contributed by atoms with E-state index in [1.807, 2.05) is 11.3 Å². The summed E-state index contributed by atoms with van der Waals surface area (Å²) < 4.78 is 1.25. The molecule has 1 N–H and O–H groups in total. The van der Waals surface area contributed by atoms with Gasteiger partial charge in [-0.05, 0) is 72.4 Å². The Bertz CT molecular complexity index is 378. The van der Waals surface area contributed by atoms with Gasteiger partial charge in [-0.1, -0.05) is 13.8 Å². The number of nitrogens with one attached hydrogen (secondary N) is 1. The van der Waals surface area contributed by atoms with Gasteiger partial charge >= 0.3 is 0 Å². The smallest absolute Gasteiger partial charge is 0.0701 e. The van der Waals surface area contributed by atoms with Crippen molar-refractivity contribution in [2.75, 3.05) is 26.2 Å². The van der Waals surface area contributed by atoms with Crippen LogP contribution in [-0.4, -0.2) is 31.1 Å². The van der Waals surface area contributed by atoms with Gasteiger partial charge in [0.15, 0.2) is 0 Å². The van der Waals surface area contributed by atoms with Crippen molar-refractivity contribution in [3.8, 4) is 0 Å². The first-order valence-corrected chi connectivity index (χ1v) is 8.91. The first-order valence-electron chi connectivity index (χ1n) is 7.30. The van der Waals surface area contributed by atoms with Gasteiger partial charge in [0.2, 0.25) is 0 Å². The fourth-order valence-electron chi connectivity index (χ4n) is 2.69. The lowest BCUT2D eigenvalue weighted by atomic mass is 9.98. The molecule has 19 heavy (non-hydrogen) atoms. The molecule has 1 aromatic rings. The summed E-state index contributed by atoms with van der Waals surface area (Å²) in [5.74, 6) is 1.58. The second-order valence-electron chi connectivity index (χ2n) is 6.00. The van der Waals surface area contributed by atoms with E-state index in [-0.39, 0.29) is 0 Å². The average Bonchev–Trinajstić information content (AvgIpc) is 2.75. The Morgan fingerprint density at radius 2 is 2.32 bits per heavy atom. The third-order valence-electron chi connectivity index (χ3n) is 3.60. The largest absolute Gasteiger partial charge is 0.316 e. The molecular weight excluding hydrogens is 320 g/mol. The van der Waals surface area contributed by atoms with Crippen LogP contribution in [0.15, 0.2) is 15.9 Å². The van der Waals surface area contributed by atoms with Crippen molar-refractivity contribution in [3.63, 3.8) is 0 Å². The SMILES string of the molecule is CC(C)CNCC1CCCN(Cc2ccc(Br)s2)C1. The Morgan fingerprint density at radius 1 is 1.47 bits per heavy atom. The van der Waals surface area contributed by atoms with Crippen LogP contribution >= 0.6 is 27.3 Å². The molecule has 0 saturated carbocycles. The average molecular weight is 345 g/mol. The van der Waals surface area contributed by atoms with Crippen LogP contribution in [0.2, 0.25) is 0 Å². The molecule has 2 rings (SSSR count). The Hall–Kier alpha value is 0.1000. The summed E-state index contributed by atoms with van der Waals surface area (Å²) in [7, 11) is 0. The van der Waals surface area contributed by atoms with Gasteiger partial charge in [-0.2, -0.15) is 0 Å². The van der Waals surface area contributed by atoms with Crippen LogP contribution in [0.1, 0.15) is 31.6 Å². The highest BCUT2D eigenvalue weighted by Crippen LogP contribution is 2.25. The minimum atomic E-state index is 0.753. The highest BCUT2D eigenvalue weighted by molar-refractivity contribution is 9.11. The zero-order valence-electron chi connectivity index (χ0n) is 12.0. The molecule has 0 bridgehead atoms. The van der Waals surface area contributed by atoms with Crippen LogP contribution in [0.4, 0.5) is 0 Å². The summed E-state index contributed by atoms with van der Waals surface area (Å²) in [4.78, 5) is 4.09. The maximum Gasteiger partial charge on any atom is 0.0701 e. The Morgan fingerprint density at radius 3 is 3.00 bits per heavy atom. The van der Waals surface area contributed by atoms with E-state index in [2.05, 4.69) is 52.1 Å². The molecule has 1 fully saturated rings. The summed E-state index contributed by atoms with van der Waals surface area (Å²) >= 11 is 5.41. The molecule has 0 aliphatic carbocycles. The Kier molecular flexibility index (Phi) is 6.33. The van der Waals surface area contributed by atoms with E-state index >= 15 is 0 Å². The lowest BCUT2D eigenvalue weighted by Crippen LogP contribution is -2.39. The minimum Gasteiger partial charge on any atom is -0.316 e. The van der Waals surface area contributed by atoms with Gasteiger partial charge < -0.3 is 5.32 Å². The van der Waals surface area contributed by atoms with Crippen molar-refractivity contribution in [1.82, 2.24) is 10.2 Å². The van der Waals surface area contributed by atoms with Crippen LogP contribution in [0.5, 0.6) is 0 Å². The topological polar surface area (TPSA) is 15.3 Å². The molecule has 0 aromatic carbocycles. The molecule has 1 saturated heterocycles. The summed E-state index contributed by atoms with van der Waals surface area (Å²) in [5, 5.41) is 3.61. The predicted octanol–water partition coefficient (Wildman–Crippen LogP) is 3.97. The molecule has 108 valence electrons. The summed E-state index contributed by atoms with van der Waals surface area (Å²) in [5.41, 5.74) is 0. The number of hydrogen-bond acceptors (Lipinski definition) is 3. The van der Waals surface area contributed by atoms with Gasteiger partial charge in [0.1, 0.15) is 0 Å². The Labute approximate surface area is 129 Å². The number of halogens is 1. The fourth-order valence-corrected chi connectivity index (χ4v) is 4.22. The summed E-state index contributed by atoms with van der Waals surface area (Å²) in [6.45, 7) is 10.5. The van der Waals surface area contributed by atoms with Crippen molar-refractivity contribution < 1.29 is 0 Å². The lowest BCUT2D eigenvalue weighted by molar-refractivity contribution is 0.166. The third kappa shape index (κ3) is 5.54. The molecule has 1 unspecified atom stereocenters. The zero-order valence-corrected chi connectivity index (χ0v) is 14.4. The van der Waals surface area contributed by atoms with E-state index in [9.17, 15) is 0 Å². The molecule has 2 nitrogen and oxygen atoms in total. The normalized spacial score (nSPS) is 21.2. The second kappa shape index (κ2) is 7.77. The molecule has 0 radical (unpaired) electrons. The maximum atomic E-state index is 3.61. The first kappa shape index (κ1) is 15.5. The number of hydrogen-bond donors (Lipinski definition) is 1. The van der Waals surface area contributed by atoms with Crippen LogP contribution in [0.25, 0.3) is 0 Å². The van der Waals surface area contributed by atoms with E-state index in [4.69, 9.17) is 0 Å². The van der Waals surface area contributed by atoms with Crippen molar-refractivity contribution in [3.05, 3.63) is 20.8 Å². The second-order valence-corrected chi connectivity index (χ2v) is 8.55. The first-order chi connectivity index (χ1) is 9.13. The number of nitrogens with zero attached hydrogens (tertiary/aromatic N) is 1. The van der Waals surface area contributed by atoms with Gasteiger partial charge in [0.05, 0.1) is 3.79 Å². The molecule has 1 aromatic heterocycles. The standard InChI is InChI=1S/C15H25BrN2S/c1-12(2)8-17-9-13-4-3-7-18(10-13)11-14-5-6-15(16)19-14/h5-6,12-13,17H,3-4,7-11H2,1-2H3. The predicted molar refractivity (Wildman–Crippen MR) is 87.7 cm³/mol. The van der Waals surface area contributed by atoms with Gasteiger partial charge in [0, 0.05) is 18.0 Å². The van der Waals surface area contributed by atoms with Crippen LogP contribution in [0, 0.1) is 11.8 Å². The molecule has 1 aliphatic rings. The molecule has 1 atom stereocenters. The van der Waals surface area contributed by atoms with Crippen molar-refractivity contribution in [1.29, 1.82) is 0 Å². The minimum absolute atomic E-state index is 0.753. The van der Waals surface area contributed by atoms with Crippen LogP contribution in [-0.2, 0) is 6.54 Å². The molecule has 0 spiro atoms. The van der Waals surface area contributed by atoms with Gasteiger partial charge in [-0.25, -0.2) is 0 Å². The Balaban J connectivity index is 1.74. The quantitative estimate of drug-likeness (QED) is 0.839. The number of piperidine rings is 1. The number of rotatable bonds is 6. The lowest BCUT2D eigenvalue weighted by Gasteiger charge is -2.32. The van der Waals surface area contributed by atoms with Gasteiger partial charge in [0.25, 0.3) is 0 Å². The molecule has 4 heteroatoms. The molecule has 2 heterocycles. The van der Waals surface area contributed by atoms with E-state index < -0.39 is 0 Å². The number of thiophene rings is 1. The fraction of sp³-hybridized carbons (Fsp3) is 0.733. The highest BCUT2D eigenvalue weighted by atomic mass is 79.9. The molecular formula is C15H25BrN2S. The monoisotopic (exact) mass is 344 g/mol. The maximum absolute atomic E-state index is 3.61. The van der Waals surface area contributed by atoms with Crippen LogP contribution in [0.3, 0.4) is 0 Å². The van der Waals surface area contributed by atoms with E-state index in [1.54, 1.807) is 0 Å². The highest BCUT2D eigenvalue weighted by Gasteiger charge is 2.20. The molecule has 1 aliphatic heterocycles. The van der Waals surface area contributed by atoms with E-state index in [0.29, 0.717) is 0 Å². The van der Waals surface area contributed by atoms with E-state index in [1.165, 1.54) is 41.1 Å². The third-order valence-corrected chi connectivity index (χ3v) is 5.21. The summed E-state index contributed by atoms with van der Waals surface area (Å²) in [6.07, 6.45) is 2.73. The van der Waals surface area contributed by atoms with Gasteiger partial charge in [-0.3, -0.25) is 4.90 Å².